The first-order valence-corrected chi connectivity index (χ1v) is 8.87. The minimum absolute atomic E-state index is 0.173. The van der Waals surface area contributed by atoms with E-state index in [9.17, 15) is 22.0 Å². The topological polar surface area (TPSA) is 148 Å². The number of nitrogens with zero attached hydrogens (tertiary/aromatic N) is 1. The fraction of sp³-hybridized carbons (Fsp3) is 0.0833. The Hall–Kier alpha value is -2.21. The van der Waals surface area contributed by atoms with E-state index in [1.807, 2.05) is 0 Å². The molecule has 0 radical (unpaired) electrons. The Balaban J connectivity index is 2.46. The zero-order valence-electron chi connectivity index (χ0n) is 11.4. The predicted octanol–water partition coefficient (Wildman–Crippen LogP) is 0.902. The van der Waals surface area contributed by atoms with Crippen molar-refractivity contribution in [3.05, 3.63) is 52.9 Å². The van der Waals surface area contributed by atoms with Crippen molar-refractivity contribution in [3.63, 3.8) is 0 Å². The lowest BCUT2D eigenvalue weighted by molar-refractivity contribution is -0.470. The van der Waals surface area contributed by atoms with Crippen molar-refractivity contribution < 1.29 is 35.1 Å². The van der Waals surface area contributed by atoms with Crippen molar-refractivity contribution in [1.29, 1.82) is 0 Å². The van der Waals surface area contributed by atoms with Crippen LogP contribution in [-0.2, 0) is 26.8 Å². The Morgan fingerprint density at radius 1 is 1.09 bits per heavy atom. The van der Waals surface area contributed by atoms with E-state index in [1.54, 1.807) is 30.3 Å². The van der Waals surface area contributed by atoms with Crippen LogP contribution in [0.3, 0.4) is 0 Å². The summed E-state index contributed by atoms with van der Waals surface area (Å²) in [5.41, 5.74) is 0.605. The van der Waals surface area contributed by atoms with E-state index < -0.39 is 36.0 Å². The van der Waals surface area contributed by atoms with Gasteiger partial charge in [0.05, 0.1) is 0 Å². The third-order valence-corrected chi connectivity index (χ3v) is 4.26. The monoisotopic (exact) mass is 361 g/mol. The zero-order valence-corrected chi connectivity index (χ0v) is 13.0. The molecule has 0 saturated carbocycles. The van der Waals surface area contributed by atoms with E-state index >= 15 is 0 Å². The fourth-order valence-corrected chi connectivity index (χ4v) is 2.87. The van der Waals surface area contributed by atoms with Gasteiger partial charge in [-0.05, 0) is 0 Å². The Kier molecular flexibility index (Phi) is 4.56. The lowest BCUT2D eigenvalue weighted by Gasteiger charge is -2.03. The van der Waals surface area contributed by atoms with Crippen LogP contribution in [0.4, 0.5) is 0 Å². The van der Waals surface area contributed by atoms with Crippen molar-refractivity contribution in [2.75, 3.05) is 0 Å². The van der Waals surface area contributed by atoms with Crippen LogP contribution < -0.4 is 0 Å². The van der Waals surface area contributed by atoms with Gasteiger partial charge < -0.3 is 9.62 Å². The van der Waals surface area contributed by atoms with Crippen molar-refractivity contribution >= 4 is 26.5 Å². The van der Waals surface area contributed by atoms with E-state index in [-0.39, 0.29) is 11.3 Å². The van der Waals surface area contributed by atoms with Crippen LogP contribution >= 0.6 is 0 Å². The SMILES string of the molecule is O=S(=O)(O)c1cc(S(=O)(=O)O)c(C=[N+]([O-])Cc2ccccc2)o1. The molecule has 0 bridgehead atoms. The average molecular weight is 361 g/mol. The second kappa shape index (κ2) is 6.12. The highest BCUT2D eigenvalue weighted by Crippen LogP contribution is 2.22. The van der Waals surface area contributed by atoms with Crippen LogP contribution in [0.25, 0.3) is 0 Å². The van der Waals surface area contributed by atoms with Crippen LogP contribution in [0.15, 0.2) is 50.8 Å². The smallest absolute Gasteiger partial charge is 0.328 e. The summed E-state index contributed by atoms with van der Waals surface area (Å²) >= 11 is 0. The summed E-state index contributed by atoms with van der Waals surface area (Å²) in [4.78, 5) is -0.945. The first kappa shape index (κ1) is 17.1. The molecule has 0 fully saturated rings. The third kappa shape index (κ3) is 4.39. The standard InChI is InChI=1S/C12H11NO8S2/c14-13(7-9-4-2-1-3-5-9)8-10-11(22(15,16)17)6-12(21-10)23(18,19)20/h1-6,8H,7H2,(H,15,16,17)(H,18,19,20). The predicted molar refractivity (Wildman–Crippen MR) is 77.3 cm³/mol. The van der Waals surface area contributed by atoms with Gasteiger partial charge in [0.25, 0.3) is 10.1 Å². The van der Waals surface area contributed by atoms with Gasteiger partial charge in [-0.15, -0.1) is 0 Å². The highest BCUT2D eigenvalue weighted by molar-refractivity contribution is 7.86. The molecule has 11 heteroatoms. The largest absolute Gasteiger partial charge is 0.623 e. The highest BCUT2D eigenvalue weighted by Gasteiger charge is 2.27. The van der Waals surface area contributed by atoms with Gasteiger partial charge in [-0.3, -0.25) is 9.11 Å². The Morgan fingerprint density at radius 3 is 2.22 bits per heavy atom. The summed E-state index contributed by atoms with van der Waals surface area (Å²) in [6, 6.07) is 8.82. The number of furan rings is 1. The van der Waals surface area contributed by atoms with Crippen molar-refractivity contribution in [2.24, 2.45) is 0 Å². The van der Waals surface area contributed by atoms with Crippen molar-refractivity contribution in [1.82, 2.24) is 0 Å². The van der Waals surface area contributed by atoms with Crippen molar-refractivity contribution in [3.8, 4) is 0 Å². The number of benzene rings is 1. The Morgan fingerprint density at radius 2 is 1.70 bits per heavy atom. The van der Waals surface area contributed by atoms with E-state index in [0.29, 0.717) is 17.8 Å². The molecule has 0 spiro atoms. The summed E-state index contributed by atoms with van der Waals surface area (Å²) in [5.74, 6) is -0.717. The quantitative estimate of drug-likeness (QED) is 0.262. The molecular weight excluding hydrogens is 350 g/mol. The Bertz CT molecular complexity index is 942. The maximum absolute atomic E-state index is 11.8. The first-order chi connectivity index (χ1) is 10.6. The second-order valence-electron chi connectivity index (χ2n) is 4.43. The highest BCUT2D eigenvalue weighted by atomic mass is 32.2. The van der Waals surface area contributed by atoms with E-state index in [0.717, 1.165) is 0 Å². The molecule has 0 unspecified atom stereocenters. The maximum Gasteiger partial charge on any atom is 0.328 e. The summed E-state index contributed by atoms with van der Waals surface area (Å²) in [5, 5.41) is 10.7. The van der Waals surface area contributed by atoms with E-state index in [2.05, 4.69) is 4.42 Å². The molecule has 0 aliphatic rings. The van der Waals surface area contributed by atoms with Crippen molar-refractivity contribution in [2.45, 2.75) is 16.5 Å². The number of hydrogen-bond donors (Lipinski definition) is 2. The fourth-order valence-electron chi connectivity index (χ4n) is 1.72. The maximum atomic E-state index is 11.8. The van der Waals surface area contributed by atoms with Crippen LogP contribution in [0.2, 0.25) is 0 Å². The first-order valence-electron chi connectivity index (χ1n) is 5.99. The zero-order chi connectivity index (χ0) is 17.3. The molecule has 0 amide bonds. The molecule has 2 rings (SSSR count). The van der Waals surface area contributed by atoms with Gasteiger partial charge in [-0.2, -0.15) is 16.8 Å². The summed E-state index contributed by atoms with van der Waals surface area (Å²) in [7, 11) is -9.70. The normalized spacial score (nSPS) is 13.2. The van der Waals surface area contributed by atoms with Gasteiger partial charge in [-0.1, -0.05) is 30.3 Å². The Labute approximate surface area is 131 Å². The van der Waals surface area contributed by atoms with Crippen LogP contribution in [0.1, 0.15) is 11.3 Å². The molecule has 124 valence electrons. The summed E-state index contributed by atoms with van der Waals surface area (Å²) in [6.07, 6.45) is 0.658. The number of rotatable bonds is 5. The minimum Gasteiger partial charge on any atom is -0.623 e. The average Bonchev–Trinajstić information content (AvgIpc) is 2.83. The molecule has 0 atom stereocenters. The molecule has 0 aliphatic carbocycles. The van der Waals surface area contributed by atoms with Gasteiger partial charge in [0, 0.05) is 11.6 Å². The third-order valence-electron chi connectivity index (χ3n) is 2.68. The summed E-state index contributed by atoms with van der Waals surface area (Å²) < 4.78 is 67.2. The molecule has 2 aromatic rings. The molecule has 1 aromatic carbocycles. The van der Waals surface area contributed by atoms with E-state index in [1.165, 1.54) is 0 Å². The molecular formula is C12H11NO8S2. The molecule has 1 aromatic heterocycles. The molecule has 23 heavy (non-hydrogen) atoms. The minimum atomic E-state index is -4.86. The lowest BCUT2D eigenvalue weighted by atomic mass is 10.2. The van der Waals surface area contributed by atoms with Crippen LogP contribution in [0.5, 0.6) is 0 Å². The van der Waals surface area contributed by atoms with Crippen LogP contribution in [0, 0.1) is 5.21 Å². The second-order valence-corrected chi connectivity index (χ2v) is 7.18. The number of hydrogen-bond acceptors (Lipinski definition) is 6. The van der Waals surface area contributed by atoms with Gasteiger partial charge >= 0.3 is 10.1 Å². The van der Waals surface area contributed by atoms with Gasteiger partial charge in [0.15, 0.2) is 6.54 Å². The molecule has 1 heterocycles. The summed E-state index contributed by atoms with van der Waals surface area (Å²) in [6.45, 7) is -0.173. The number of hydroxylamine groups is 1. The van der Waals surface area contributed by atoms with Gasteiger partial charge in [0.1, 0.15) is 4.90 Å². The van der Waals surface area contributed by atoms with Crippen LogP contribution in [-0.4, -0.2) is 36.9 Å². The van der Waals surface area contributed by atoms with Gasteiger partial charge in [-0.25, -0.2) is 4.74 Å². The van der Waals surface area contributed by atoms with Gasteiger partial charge in [0.2, 0.25) is 17.1 Å². The molecule has 0 saturated heterocycles. The lowest BCUT2D eigenvalue weighted by Crippen LogP contribution is -2.08. The molecule has 2 N–H and O–H groups in total. The molecule has 0 aliphatic heterocycles. The van der Waals surface area contributed by atoms with E-state index in [4.69, 9.17) is 9.11 Å². The molecule has 9 nitrogen and oxygen atoms in total.